The minimum atomic E-state index is 0.180. The Kier molecular flexibility index (Phi) is 5.26. The summed E-state index contributed by atoms with van der Waals surface area (Å²) < 4.78 is 1.95. The monoisotopic (exact) mass is 391 g/mol. The van der Waals surface area contributed by atoms with E-state index in [0.717, 1.165) is 53.1 Å². The number of piperidine rings is 1. The van der Waals surface area contributed by atoms with Crippen molar-refractivity contribution in [2.75, 3.05) is 18.8 Å². The summed E-state index contributed by atoms with van der Waals surface area (Å²) in [6, 6.07) is 10.0. The predicted octanol–water partition coefficient (Wildman–Crippen LogP) is 3.74. The molecule has 0 aliphatic carbocycles. The first-order valence-electron chi connectivity index (χ1n) is 10.4. The predicted molar refractivity (Wildman–Crippen MR) is 116 cm³/mol. The zero-order valence-corrected chi connectivity index (χ0v) is 17.5. The minimum absolute atomic E-state index is 0.180. The average molecular weight is 392 g/mol. The fourth-order valence-corrected chi connectivity index (χ4v) is 4.26. The van der Waals surface area contributed by atoms with Gasteiger partial charge in [0.2, 0.25) is 5.91 Å². The number of nitrogen functional groups attached to an aromatic ring is 1. The summed E-state index contributed by atoms with van der Waals surface area (Å²) in [7, 11) is 0. The van der Waals surface area contributed by atoms with E-state index in [9.17, 15) is 4.79 Å². The molecule has 1 unspecified atom stereocenters. The zero-order valence-electron chi connectivity index (χ0n) is 17.5. The number of carbonyl (C=O) groups is 1. The van der Waals surface area contributed by atoms with Gasteiger partial charge < -0.3 is 10.6 Å². The highest BCUT2D eigenvalue weighted by atomic mass is 16.2. The molecule has 1 aliphatic heterocycles. The quantitative estimate of drug-likeness (QED) is 0.735. The highest BCUT2D eigenvalue weighted by Crippen LogP contribution is 2.31. The van der Waals surface area contributed by atoms with Crippen molar-refractivity contribution in [1.82, 2.24) is 19.7 Å². The van der Waals surface area contributed by atoms with Gasteiger partial charge in [0.05, 0.1) is 22.6 Å². The van der Waals surface area contributed by atoms with Crippen LogP contribution in [0.1, 0.15) is 47.8 Å². The topological polar surface area (TPSA) is 77.0 Å². The van der Waals surface area contributed by atoms with Gasteiger partial charge in [-0.25, -0.2) is 0 Å². The Morgan fingerprint density at radius 1 is 1.24 bits per heavy atom. The number of anilines is 1. The fraction of sp³-hybridized carbons (Fsp3) is 0.435. The van der Waals surface area contributed by atoms with Gasteiger partial charge in [-0.3, -0.25) is 14.5 Å². The molecule has 3 aromatic rings. The van der Waals surface area contributed by atoms with Crippen LogP contribution in [0.3, 0.4) is 0 Å². The van der Waals surface area contributed by atoms with Crippen LogP contribution in [0.2, 0.25) is 0 Å². The third-order valence-corrected chi connectivity index (χ3v) is 6.23. The number of fused-ring (bicyclic) bond motifs is 1. The van der Waals surface area contributed by atoms with E-state index < -0.39 is 0 Å². The van der Waals surface area contributed by atoms with Crippen LogP contribution >= 0.6 is 0 Å². The molecule has 29 heavy (non-hydrogen) atoms. The van der Waals surface area contributed by atoms with Crippen LogP contribution in [-0.4, -0.2) is 38.7 Å². The van der Waals surface area contributed by atoms with Crippen molar-refractivity contribution < 1.29 is 4.79 Å². The molecule has 6 heteroatoms. The molecule has 1 aliphatic rings. The normalized spacial score (nSPS) is 17.1. The first-order valence-corrected chi connectivity index (χ1v) is 10.4. The number of hydrogen-bond acceptors (Lipinski definition) is 4. The number of nitrogens with two attached hydrogens (primary N) is 1. The van der Waals surface area contributed by atoms with Gasteiger partial charge in [0.15, 0.2) is 0 Å². The second-order valence-corrected chi connectivity index (χ2v) is 8.10. The molecule has 0 spiro atoms. The molecule has 1 saturated heterocycles. The molecule has 1 fully saturated rings. The largest absolute Gasteiger partial charge is 0.397 e. The Bertz CT molecular complexity index is 1050. The van der Waals surface area contributed by atoms with E-state index in [1.807, 2.05) is 46.8 Å². The number of pyridine rings is 1. The maximum Gasteiger partial charge on any atom is 0.224 e. The Morgan fingerprint density at radius 3 is 2.79 bits per heavy atom. The number of aromatic nitrogens is 3. The van der Waals surface area contributed by atoms with Crippen LogP contribution in [0.4, 0.5) is 5.69 Å². The second-order valence-electron chi connectivity index (χ2n) is 8.10. The van der Waals surface area contributed by atoms with Crippen molar-refractivity contribution in [3.05, 3.63) is 53.0 Å². The molecule has 2 N–H and O–H groups in total. The molecular formula is C23H29N5O. The lowest BCUT2D eigenvalue weighted by Gasteiger charge is -2.33. The molecule has 6 nitrogen and oxygen atoms in total. The maximum absolute atomic E-state index is 12.9. The first kappa shape index (κ1) is 19.4. The minimum Gasteiger partial charge on any atom is -0.397 e. The number of amides is 1. The van der Waals surface area contributed by atoms with E-state index in [4.69, 9.17) is 10.7 Å². The summed E-state index contributed by atoms with van der Waals surface area (Å²) in [6.07, 6.45) is 2.45. The van der Waals surface area contributed by atoms with Gasteiger partial charge in [0, 0.05) is 43.1 Å². The smallest absolute Gasteiger partial charge is 0.224 e. The fourth-order valence-electron chi connectivity index (χ4n) is 4.26. The van der Waals surface area contributed by atoms with E-state index in [-0.39, 0.29) is 11.8 Å². The molecule has 2 aromatic heterocycles. The first-order chi connectivity index (χ1) is 13.9. The third kappa shape index (κ3) is 3.84. The molecule has 4 rings (SSSR count). The highest BCUT2D eigenvalue weighted by molar-refractivity contribution is 5.82. The number of carbonyl (C=O) groups excluding carboxylic acids is 1. The lowest BCUT2D eigenvalue weighted by molar-refractivity contribution is -0.132. The van der Waals surface area contributed by atoms with E-state index in [1.165, 1.54) is 5.56 Å². The molecule has 1 amide bonds. The van der Waals surface area contributed by atoms with Gasteiger partial charge in [-0.05, 0) is 51.3 Å². The molecule has 0 saturated carbocycles. The van der Waals surface area contributed by atoms with Crippen LogP contribution in [0.25, 0.3) is 10.9 Å². The van der Waals surface area contributed by atoms with Crippen molar-refractivity contribution in [3.63, 3.8) is 0 Å². The lowest BCUT2D eigenvalue weighted by atomic mass is 9.92. The Morgan fingerprint density at radius 2 is 2.03 bits per heavy atom. The van der Waals surface area contributed by atoms with Crippen molar-refractivity contribution in [3.8, 4) is 0 Å². The number of aryl methyl sites for hydroxylation is 2. The number of para-hydroxylation sites is 1. The third-order valence-electron chi connectivity index (χ3n) is 6.23. The van der Waals surface area contributed by atoms with E-state index in [0.29, 0.717) is 19.5 Å². The molecule has 1 aromatic carbocycles. The van der Waals surface area contributed by atoms with Gasteiger partial charge in [-0.1, -0.05) is 18.2 Å². The van der Waals surface area contributed by atoms with Crippen molar-refractivity contribution in [2.24, 2.45) is 0 Å². The summed E-state index contributed by atoms with van der Waals surface area (Å²) in [5, 5.41) is 5.60. The van der Waals surface area contributed by atoms with Gasteiger partial charge >= 0.3 is 0 Å². The Labute approximate surface area is 171 Å². The van der Waals surface area contributed by atoms with Crippen LogP contribution in [-0.2, 0) is 11.3 Å². The van der Waals surface area contributed by atoms with Crippen LogP contribution < -0.4 is 5.73 Å². The number of nitrogens with zero attached hydrogens (tertiary/aromatic N) is 4. The van der Waals surface area contributed by atoms with Crippen LogP contribution in [0.5, 0.6) is 0 Å². The average Bonchev–Trinajstić information content (AvgIpc) is 2.98. The zero-order chi connectivity index (χ0) is 20.5. The second kappa shape index (κ2) is 7.85. The summed E-state index contributed by atoms with van der Waals surface area (Å²) >= 11 is 0. The molecular weight excluding hydrogens is 362 g/mol. The van der Waals surface area contributed by atoms with Gasteiger partial charge in [-0.2, -0.15) is 5.10 Å². The number of rotatable bonds is 4. The van der Waals surface area contributed by atoms with Crippen molar-refractivity contribution in [2.45, 2.75) is 52.5 Å². The number of hydrogen-bond donors (Lipinski definition) is 1. The molecule has 152 valence electrons. The van der Waals surface area contributed by atoms with Crippen molar-refractivity contribution in [1.29, 1.82) is 0 Å². The summed E-state index contributed by atoms with van der Waals surface area (Å²) in [5.41, 5.74) is 12.3. The molecule has 1 atom stereocenters. The van der Waals surface area contributed by atoms with E-state index in [2.05, 4.69) is 18.9 Å². The van der Waals surface area contributed by atoms with Gasteiger partial charge in [0.1, 0.15) is 0 Å². The lowest BCUT2D eigenvalue weighted by Crippen LogP contribution is -2.39. The summed E-state index contributed by atoms with van der Waals surface area (Å²) in [6.45, 7) is 8.26. The standard InChI is InChI=1S/C23H29N5O/c1-15-16(2)26-28(17(15)3)12-10-22(29)27-11-6-8-19(14-27)23-20(24)13-18-7-4-5-9-21(18)25-23/h4-5,7,9,13,19H,6,8,10-12,14,24H2,1-3H3. The molecule has 3 heterocycles. The molecule has 0 bridgehead atoms. The van der Waals surface area contributed by atoms with Crippen LogP contribution in [0.15, 0.2) is 30.3 Å². The number of benzene rings is 1. The highest BCUT2D eigenvalue weighted by Gasteiger charge is 2.27. The summed E-state index contributed by atoms with van der Waals surface area (Å²) in [5.74, 6) is 0.368. The van der Waals surface area contributed by atoms with Gasteiger partial charge in [-0.15, -0.1) is 0 Å². The number of likely N-dealkylation sites (tertiary alicyclic amines) is 1. The summed E-state index contributed by atoms with van der Waals surface area (Å²) in [4.78, 5) is 19.7. The SMILES string of the molecule is Cc1nn(CCC(=O)N2CCCC(c3nc4ccccc4cc3N)C2)c(C)c1C. The Hall–Kier alpha value is -2.89. The van der Waals surface area contributed by atoms with E-state index in [1.54, 1.807) is 0 Å². The Balaban J connectivity index is 1.46. The van der Waals surface area contributed by atoms with Crippen molar-refractivity contribution >= 4 is 22.5 Å². The molecule has 0 radical (unpaired) electrons. The van der Waals surface area contributed by atoms with Crippen LogP contribution in [0, 0.1) is 20.8 Å². The van der Waals surface area contributed by atoms with E-state index >= 15 is 0 Å². The maximum atomic E-state index is 12.9. The van der Waals surface area contributed by atoms with Gasteiger partial charge in [0.25, 0.3) is 0 Å².